The number of rotatable bonds is 4. The molecule has 1 amide bonds. The Balaban J connectivity index is 2.23. The Morgan fingerprint density at radius 2 is 2.05 bits per heavy atom. The molecule has 2 rings (SSSR count). The van der Waals surface area contributed by atoms with Gasteiger partial charge in [0.05, 0.1) is 4.90 Å². The summed E-state index contributed by atoms with van der Waals surface area (Å²) in [7, 11) is -3.66. The van der Waals surface area contributed by atoms with Gasteiger partial charge in [-0.2, -0.15) is 0 Å². The molecule has 0 aromatic heterocycles. The van der Waals surface area contributed by atoms with E-state index in [0.29, 0.717) is 5.56 Å². The number of nitrogens with one attached hydrogen (secondary N) is 2. The highest BCUT2D eigenvalue weighted by Gasteiger charge is 2.31. The average molecular weight is 311 g/mol. The normalized spacial score (nSPS) is 18.6. The second-order valence-electron chi connectivity index (χ2n) is 4.37. The van der Waals surface area contributed by atoms with Crippen LogP contribution in [0.1, 0.15) is 12.5 Å². The molecule has 0 fully saturated rings. The van der Waals surface area contributed by atoms with Gasteiger partial charge in [0.1, 0.15) is 18.4 Å². The maximum absolute atomic E-state index is 11.9. The van der Waals surface area contributed by atoms with Gasteiger partial charge >= 0.3 is 5.97 Å². The smallest absolute Gasteiger partial charge is 0.322 e. The number of carbonyl (C=O) groups excluding carboxylic acids is 1. The molecule has 1 aliphatic heterocycles. The van der Waals surface area contributed by atoms with Crippen molar-refractivity contribution >= 4 is 27.7 Å². The van der Waals surface area contributed by atoms with E-state index in [-0.39, 0.29) is 10.7 Å². The fourth-order valence-electron chi connectivity index (χ4n) is 1.79. The summed E-state index contributed by atoms with van der Waals surface area (Å²) in [5, 5.41) is 10.7. The summed E-state index contributed by atoms with van der Waals surface area (Å²) in [4.78, 5) is 26.1. The predicted molar refractivity (Wildman–Crippen MR) is 73.4 cm³/mol. The van der Waals surface area contributed by atoms with Crippen molar-refractivity contribution in [2.75, 3.05) is 6.54 Å². The lowest BCUT2D eigenvalue weighted by Crippen LogP contribution is -2.36. The molecule has 1 atom stereocenters. The van der Waals surface area contributed by atoms with Crippen molar-refractivity contribution < 1.29 is 23.1 Å². The SMILES string of the molecule is CC(N=C1NS(=O)(=O)c2ccccc21)C(=O)NCC(=O)O. The number of carboxylic acid groups (broad SMARTS) is 1. The lowest BCUT2D eigenvalue weighted by molar-refractivity contribution is -0.138. The van der Waals surface area contributed by atoms with Crippen LogP contribution in [0, 0.1) is 0 Å². The number of aliphatic carboxylic acids is 1. The number of amides is 1. The molecule has 8 nitrogen and oxygen atoms in total. The van der Waals surface area contributed by atoms with Crippen LogP contribution in [0.3, 0.4) is 0 Å². The highest BCUT2D eigenvalue weighted by Crippen LogP contribution is 2.22. The van der Waals surface area contributed by atoms with Crippen molar-refractivity contribution in [3.8, 4) is 0 Å². The van der Waals surface area contributed by atoms with Crippen LogP contribution in [-0.4, -0.2) is 43.8 Å². The van der Waals surface area contributed by atoms with Gasteiger partial charge in [-0.25, -0.2) is 8.42 Å². The molecule has 1 aromatic rings. The number of aliphatic imine (C=N–C) groups is 1. The van der Waals surface area contributed by atoms with Crippen LogP contribution in [0.25, 0.3) is 0 Å². The molecule has 0 saturated heterocycles. The van der Waals surface area contributed by atoms with Crippen LogP contribution in [-0.2, 0) is 19.6 Å². The van der Waals surface area contributed by atoms with Gasteiger partial charge in [-0.3, -0.25) is 19.3 Å². The van der Waals surface area contributed by atoms with Crippen LogP contribution in [0.15, 0.2) is 34.2 Å². The highest BCUT2D eigenvalue weighted by molar-refractivity contribution is 7.90. The summed E-state index contributed by atoms with van der Waals surface area (Å²) in [6.07, 6.45) is 0. The van der Waals surface area contributed by atoms with Crippen molar-refractivity contribution in [3.63, 3.8) is 0 Å². The Bertz CT molecular complexity index is 726. The Morgan fingerprint density at radius 1 is 1.38 bits per heavy atom. The zero-order valence-corrected chi connectivity index (χ0v) is 11.8. The molecule has 0 saturated carbocycles. The number of hydrogen-bond acceptors (Lipinski definition) is 5. The number of fused-ring (bicyclic) bond motifs is 1. The van der Waals surface area contributed by atoms with E-state index in [1.54, 1.807) is 18.2 Å². The second kappa shape index (κ2) is 5.52. The number of sulfonamides is 1. The molecule has 0 bridgehead atoms. The Hall–Kier alpha value is -2.42. The van der Waals surface area contributed by atoms with Gasteiger partial charge in [0.2, 0.25) is 5.91 Å². The average Bonchev–Trinajstić information content (AvgIpc) is 2.68. The first kappa shape index (κ1) is 15.0. The van der Waals surface area contributed by atoms with Gasteiger partial charge < -0.3 is 10.4 Å². The number of carbonyl (C=O) groups is 2. The molecule has 1 heterocycles. The van der Waals surface area contributed by atoms with E-state index in [4.69, 9.17) is 5.11 Å². The van der Waals surface area contributed by atoms with Crippen LogP contribution in [0.4, 0.5) is 0 Å². The highest BCUT2D eigenvalue weighted by atomic mass is 32.2. The minimum absolute atomic E-state index is 0.0728. The molecule has 0 radical (unpaired) electrons. The zero-order chi connectivity index (χ0) is 15.6. The van der Waals surface area contributed by atoms with Gasteiger partial charge in [0.15, 0.2) is 0 Å². The van der Waals surface area contributed by atoms with E-state index < -0.39 is 34.5 Å². The molecule has 0 spiro atoms. The molecule has 3 N–H and O–H groups in total. The first-order valence-corrected chi connectivity index (χ1v) is 7.49. The minimum atomic E-state index is -3.66. The van der Waals surface area contributed by atoms with Crippen LogP contribution in [0.5, 0.6) is 0 Å². The Kier molecular flexibility index (Phi) is 3.94. The van der Waals surface area contributed by atoms with Crippen LogP contribution < -0.4 is 10.0 Å². The molecule has 1 unspecified atom stereocenters. The van der Waals surface area contributed by atoms with Gasteiger partial charge in [0, 0.05) is 5.56 Å². The lowest BCUT2D eigenvalue weighted by atomic mass is 10.2. The summed E-state index contributed by atoms with van der Waals surface area (Å²) in [6, 6.07) is 5.34. The predicted octanol–water partition coefficient (Wildman–Crippen LogP) is -0.686. The van der Waals surface area contributed by atoms with Crippen molar-refractivity contribution in [1.29, 1.82) is 0 Å². The lowest BCUT2D eigenvalue weighted by Gasteiger charge is -2.08. The van der Waals surface area contributed by atoms with Crippen molar-refractivity contribution in [3.05, 3.63) is 29.8 Å². The molecule has 112 valence electrons. The number of nitrogens with zero attached hydrogens (tertiary/aromatic N) is 1. The largest absolute Gasteiger partial charge is 0.480 e. The Labute approximate surface area is 120 Å². The van der Waals surface area contributed by atoms with Crippen LogP contribution >= 0.6 is 0 Å². The Morgan fingerprint density at radius 3 is 2.71 bits per heavy atom. The van der Waals surface area contributed by atoms with Gasteiger partial charge in [-0.15, -0.1) is 0 Å². The van der Waals surface area contributed by atoms with Crippen molar-refractivity contribution in [1.82, 2.24) is 10.0 Å². The molecule has 1 aliphatic rings. The molecular weight excluding hydrogens is 298 g/mol. The van der Waals surface area contributed by atoms with E-state index in [1.807, 2.05) is 0 Å². The fourth-order valence-corrected chi connectivity index (χ4v) is 3.03. The summed E-state index contributed by atoms with van der Waals surface area (Å²) in [5.41, 5.74) is 0.385. The number of benzene rings is 1. The standard InChI is InChI=1S/C12H13N3O5S/c1-7(12(18)13-6-10(16)17)14-11-8-4-2-3-5-9(8)21(19,20)15-11/h2-5,7H,6H2,1H3,(H,13,18)(H,14,15)(H,16,17). The third kappa shape index (κ3) is 3.19. The number of hydrogen-bond donors (Lipinski definition) is 3. The summed E-state index contributed by atoms with van der Waals surface area (Å²) < 4.78 is 26.0. The van der Waals surface area contributed by atoms with E-state index in [1.165, 1.54) is 13.0 Å². The van der Waals surface area contributed by atoms with Crippen molar-refractivity contribution in [2.24, 2.45) is 4.99 Å². The zero-order valence-electron chi connectivity index (χ0n) is 11.0. The van der Waals surface area contributed by atoms with E-state index in [9.17, 15) is 18.0 Å². The number of amidine groups is 1. The topological polar surface area (TPSA) is 125 Å². The molecule has 1 aromatic carbocycles. The monoisotopic (exact) mass is 311 g/mol. The molecule has 21 heavy (non-hydrogen) atoms. The fraction of sp³-hybridized carbons (Fsp3) is 0.250. The van der Waals surface area contributed by atoms with Gasteiger partial charge in [0.25, 0.3) is 10.0 Å². The van der Waals surface area contributed by atoms with E-state index in [2.05, 4.69) is 15.0 Å². The molecule has 0 aliphatic carbocycles. The van der Waals surface area contributed by atoms with E-state index in [0.717, 1.165) is 0 Å². The summed E-state index contributed by atoms with van der Waals surface area (Å²) >= 11 is 0. The summed E-state index contributed by atoms with van der Waals surface area (Å²) in [5.74, 6) is -1.70. The third-order valence-corrected chi connectivity index (χ3v) is 4.18. The second-order valence-corrected chi connectivity index (χ2v) is 6.02. The summed E-state index contributed by atoms with van der Waals surface area (Å²) in [6.45, 7) is 0.926. The van der Waals surface area contributed by atoms with Crippen LogP contribution in [0.2, 0.25) is 0 Å². The first-order chi connectivity index (χ1) is 9.81. The number of carboxylic acids is 1. The van der Waals surface area contributed by atoms with Crippen molar-refractivity contribution in [2.45, 2.75) is 17.9 Å². The molecular formula is C12H13N3O5S. The maximum Gasteiger partial charge on any atom is 0.322 e. The minimum Gasteiger partial charge on any atom is -0.480 e. The third-order valence-electron chi connectivity index (χ3n) is 2.78. The van der Waals surface area contributed by atoms with Gasteiger partial charge in [-0.1, -0.05) is 12.1 Å². The van der Waals surface area contributed by atoms with E-state index >= 15 is 0 Å². The first-order valence-electron chi connectivity index (χ1n) is 6.01. The van der Waals surface area contributed by atoms with Gasteiger partial charge in [-0.05, 0) is 19.1 Å². The molecule has 9 heteroatoms. The maximum atomic E-state index is 11.9. The quantitative estimate of drug-likeness (QED) is 0.679.